The molecule has 1 heterocycles. The van der Waals surface area contributed by atoms with Crippen LogP contribution in [0.25, 0.3) is 0 Å². The molecule has 3 rings (SSSR count). The number of halogens is 2. The van der Waals surface area contributed by atoms with Gasteiger partial charge in [0.1, 0.15) is 0 Å². The number of benzene rings is 2. The predicted molar refractivity (Wildman–Crippen MR) is 127 cm³/mol. The van der Waals surface area contributed by atoms with Gasteiger partial charge >= 0.3 is 192 Å². The second-order valence-corrected chi connectivity index (χ2v) is 11.3. The zero-order valence-electron chi connectivity index (χ0n) is 16.3. The summed E-state index contributed by atoms with van der Waals surface area (Å²) >= 11 is 7.46. The average Bonchev–Trinajstić information content (AvgIpc) is 2.92. The maximum absolute atomic E-state index is 3.68. The van der Waals surface area contributed by atoms with Gasteiger partial charge in [-0.25, -0.2) is 0 Å². The van der Waals surface area contributed by atoms with E-state index in [-0.39, 0.29) is 19.9 Å². The van der Waals surface area contributed by atoms with Gasteiger partial charge in [-0.05, 0) is 0 Å². The summed E-state index contributed by atoms with van der Waals surface area (Å²) in [6.07, 6.45) is 0. The molecule has 3 aromatic rings. The average molecular weight is 559 g/mol. The number of aryl methyl sites for hydroxylation is 1. The van der Waals surface area contributed by atoms with Crippen LogP contribution in [0.3, 0.4) is 0 Å². The van der Waals surface area contributed by atoms with Crippen molar-refractivity contribution in [1.29, 1.82) is 0 Å². The fourth-order valence-corrected chi connectivity index (χ4v) is 6.27. The van der Waals surface area contributed by atoms with Gasteiger partial charge in [0.15, 0.2) is 0 Å². The first-order valence-electron chi connectivity index (χ1n) is 8.93. The number of hydrogen-bond donors (Lipinski definition) is 0. The first-order valence-corrected chi connectivity index (χ1v) is 12.2. The van der Waals surface area contributed by atoms with Crippen LogP contribution in [0.2, 0.25) is 0 Å². The maximum atomic E-state index is 3.68. The van der Waals surface area contributed by atoms with Crippen molar-refractivity contribution in [2.24, 2.45) is 0 Å². The zero-order valence-corrected chi connectivity index (χ0v) is 21.2. The predicted octanol–water partition coefficient (Wildman–Crippen LogP) is 6.67. The van der Waals surface area contributed by atoms with Crippen molar-refractivity contribution in [3.8, 4) is 23.7 Å². The van der Waals surface area contributed by atoms with Gasteiger partial charge in [0.25, 0.3) is 0 Å². The van der Waals surface area contributed by atoms with Gasteiger partial charge in [-0.1, -0.05) is 0 Å². The Morgan fingerprint density at radius 2 is 1.32 bits per heavy atom. The van der Waals surface area contributed by atoms with Gasteiger partial charge in [0, 0.05) is 0 Å². The van der Waals surface area contributed by atoms with E-state index >= 15 is 0 Å². The molecular formula is C25H20Br2Se. The Morgan fingerprint density at radius 1 is 0.750 bits per heavy atom. The monoisotopic (exact) mass is 558 g/mol. The van der Waals surface area contributed by atoms with Crippen LogP contribution >= 0.6 is 31.9 Å². The van der Waals surface area contributed by atoms with Crippen molar-refractivity contribution < 1.29 is 0 Å². The zero-order chi connectivity index (χ0) is 20.3. The van der Waals surface area contributed by atoms with Crippen LogP contribution in [-0.2, 0) is 5.41 Å². The molecule has 0 aliphatic heterocycles. The fourth-order valence-electron chi connectivity index (χ4n) is 2.59. The summed E-state index contributed by atoms with van der Waals surface area (Å²) in [6.45, 7) is 8.75. The third kappa shape index (κ3) is 5.31. The molecule has 0 atom stereocenters. The van der Waals surface area contributed by atoms with E-state index in [4.69, 9.17) is 0 Å². The van der Waals surface area contributed by atoms with Crippen molar-refractivity contribution in [1.82, 2.24) is 0 Å². The molecule has 0 aliphatic carbocycles. The Balaban J connectivity index is 1.86. The Bertz CT molecular complexity index is 1120. The molecule has 0 nitrogen and oxygen atoms in total. The third-order valence-electron chi connectivity index (χ3n) is 4.21. The van der Waals surface area contributed by atoms with Crippen molar-refractivity contribution in [2.45, 2.75) is 33.1 Å². The van der Waals surface area contributed by atoms with Gasteiger partial charge in [0.05, 0.1) is 0 Å². The van der Waals surface area contributed by atoms with Crippen LogP contribution in [0.5, 0.6) is 0 Å². The van der Waals surface area contributed by atoms with E-state index in [1.54, 1.807) is 0 Å². The number of hydrogen-bond acceptors (Lipinski definition) is 0. The molecule has 0 saturated carbocycles. The molecule has 0 amide bonds. The molecule has 0 aliphatic rings. The van der Waals surface area contributed by atoms with E-state index in [1.165, 1.54) is 11.1 Å². The van der Waals surface area contributed by atoms with Gasteiger partial charge in [-0.15, -0.1) is 0 Å². The summed E-state index contributed by atoms with van der Waals surface area (Å²) in [5.41, 5.74) is 4.78. The minimum absolute atomic E-state index is 0.104. The van der Waals surface area contributed by atoms with Crippen molar-refractivity contribution in [3.05, 3.63) is 88.6 Å². The van der Waals surface area contributed by atoms with Gasteiger partial charge in [0.2, 0.25) is 0 Å². The molecule has 140 valence electrons. The third-order valence-corrected chi connectivity index (χ3v) is 9.65. The van der Waals surface area contributed by atoms with Gasteiger partial charge < -0.3 is 0 Å². The van der Waals surface area contributed by atoms with Crippen molar-refractivity contribution in [2.75, 3.05) is 0 Å². The van der Waals surface area contributed by atoms with E-state index in [0.717, 1.165) is 28.9 Å². The summed E-state index contributed by atoms with van der Waals surface area (Å²) in [5, 5.41) is 0. The van der Waals surface area contributed by atoms with Crippen LogP contribution in [0, 0.1) is 30.6 Å². The van der Waals surface area contributed by atoms with Crippen LogP contribution in [0.4, 0.5) is 0 Å². The second-order valence-electron chi connectivity index (χ2n) is 7.59. The number of rotatable bonds is 0. The summed E-state index contributed by atoms with van der Waals surface area (Å²) in [7, 11) is 0. The van der Waals surface area contributed by atoms with E-state index in [2.05, 4.69) is 120 Å². The first-order chi connectivity index (χ1) is 13.2. The fraction of sp³-hybridized carbons (Fsp3) is 0.200. The molecule has 0 bridgehead atoms. The Morgan fingerprint density at radius 3 is 1.86 bits per heavy atom. The summed E-state index contributed by atoms with van der Waals surface area (Å²) in [4.78, 5) is 0. The molecule has 0 saturated heterocycles. The molecule has 28 heavy (non-hydrogen) atoms. The molecule has 0 radical (unpaired) electrons. The molecule has 2 aromatic carbocycles. The van der Waals surface area contributed by atoms with Crippen LogP contribution in [0.15, 0.2) is 57.5 Å². The summed E-state index contributed by atoms with van der Waals surface area (Å²) in [6, 6.07) is 16.8. The Hall–Kier alpha value is -1.48. The molecule has 3 heteroatoms. The van der Waals surface area contributed by atoms with Crippen LogP contribution in [-0.4, -0.2) is 14.5 Å². The summed E-state index contributed by atoms with van der Waals surface area (Å²) < 4.78 is 4.29. The van der Waals surface area contributed by atoms with Crippen molar-refractivity contribution in [3.63, 3.8) is 0 Å². The SMILES string of the molecule is Cc1cccc(C#Cc2[se]c(C#Cc3ccc(C(C)(C)C)cc3)c(Br)c2Br)c1. The first kappa shape index (κ1) is 21.2. The van der Waals surface area contributed by atoms with Gasteiger partial charge in [-0.3, -0.25) is 0 Å². The molecule has 0 spiro atoms. The molecule has 0 unspecified atom stereocenters. The van der Waals surface area contributed by atoms with Crippen molar-refractivity contribution >= 4 is 46.4 Å². The van der Waals surface area contributed by atoms with E-state index in [1.807, 2.05) is 12.1 Å². The Labute approximate surface area is 190 Å². The summed E-state index contributed by atoms with van der Waals surface area (Å²) in [5.74, 6) is 13.2. The van der Waals surface area contributed by atoms with Crippen LogP contribution < -0.4 is 0 Å². The minimum atomic E-state index is 0.104. The molecule has 0 N–H and O–H groups in total. The van der Waals surface area contributed by atoms with E-state index < -0.39 is 0 Å². The second kappa shape index (κ2) is 8.90. The topological polar surface area (TPSA) is 0 Å². The quantitative estimate of drug-likeness (QED) is 0.213. The van der Waals surface area contributed by atoms with E-state index in [9.17, 15) is 0 Å². The molecule has 1 aromatic heterocycles. The molecular weight excluding hydrogens is 539 g/mol. The molecule has 0 fully saturated rings. The Kier molecular flexibility index (Phi) is 6.75. The van der Waals surface area contributed by atoms with Gasteiger partial charge in [-0.2, -0.15) is 0 Å². The standard InChI is InChI=1S/C25H20Br2Se/c1-17-6-5-7-19(16-17)11-15-22-24(27)23(26)21(28-22)14-10-18-8-12-20(13-9-18)25(2,3)4/h5-9,12-13,16H,1-4H3. The van der Waals surface area contributed by atoms with Crippen LogP contribution in [0.1, 0.15) is 51.9 Å². The van der Waals surface area contributed by atoms with E-state index in [0.29, 0.717) is 0 Å². The normalized spacial score (nSPS) is 10.6.